The number of benzene rings is 2. The fourth-order valence-electron chi connectivity index (χ4n) is 2.27. The molecule has 0 saturated heterocycles. The van der Waals surface area contributed by atoms with Crippen molar-refractivity contribution in [2.75, 3.05) is 0 Å². The number of nitrogens with zero attached hydrogens (tertiary/aromatic N) is 2. The maximum atomic E-state index is 13.3. The van der Waals surface area contributed by atoms with Gasteiger partial charge in [-0.15, -0.1) is 0 Å². The van der Waals surface area contributed by atoms with Crippen molar-refractivity contribution in [1.82, 2.24) is 9.97 Å². The first-order valence-corrected chi connectivity index (χ1v) is 8.86. The fraction of sp³-hybridized carbons (Fsp3) is 0.182. The summed E-state index contributed by atoms with van der Waals surface area (Å²) < 4.78 is 111. The van der Waals surface area contributed by atoms with Crippen molar-refractivity contribution >= 4 is 0 Å². The molecule has 0 aliphatic carbocycles. The molecule has 194 valence electrons. The first-order valence-electron chi connectivity index (χ1n) is 8.86. The molecule has 36 heavy (non-hydrogen) atoms. The molecule has 1 aromatic heterocycles. The maximum Gasteiger partial charge on any atom is 2.00 e. The molecule has 0 radical (unpaired) electrons. The summed E-state index contributed by atoms with van der Waals surface area (Å²) in [4.78, 5) is 10.8. The van der Waals surface area contributed by atoms with Crippen LogP contribution in [0, 0.1) is 107 Å². The van der Waals surface area contributed by atoms with Gasteiger partial charge in [-0.05, 0) is 24.6 Å². The molecular formula is C22H19F9N2OU2. The molecule has 2 aromatic carbocycles. The quantitative estimate of drug-likeness (QED) is 0.199. The molecule has 0 aliphatic rings. The average Bonchev–Trinajstić information content (AvgIpc) is 2.74. The zero-order valence-corrected chi connectivity index (χ0v) is 27.4. The SMILES string of the molecule is Cc1cnc(-c2cc(F)c(CF)c(F)c2)nc1.FOc1cc(F)c(C(F)(F)F)c(F)c1.[CH2-]C.[CH3-].[U+2].[U]. The number of alkyl halides is 4. The van der Waals surface area contributed by atoms with Gasteiger partial charge in [0.15, 0.2) is 11.6 Å². The van der Waals surface area contributed by atoms with E-state index in [0.717, 1.165) is 17.7 Å². The van der Waals surface area contributed by atoms with Gasteiger partial charge in [-0.1, -0.05) is 0 Å². The third kappa shape index (κ3) is 11.0. The topological polar surface area (TPSA) is 35.0 Å². The molecule has 0 atom stereocenters. The zero-order valence-electron chi connectivity index (χ0n) is 19.1. The summed E-state index contributed by atoms with van der Waals surface area (Å²) in [5, 5.41) is 0. The van der Waals surface area contributed by atoms with E-state index in [4.69, 9.17) is 0 Å². The minimum Gasteiger partial charge on any atom is -0.358 e. The normalized spacial score (nSPS) is 9.67. The Hall–Kier alpha value is -1.21. The van der Waals surface area contributed by atoms with Crippen LogP contribution in [0.4, 0.5) is 39.6 Å². The van der Waals surface area contributed by atoms with Crippen molar-refractivity contribution in [2.24, 2.45) is 0 Å². The summed E-state index contributed by atoms with van der Waals surface area (Å²) in [5.74, 6) is -6.46. The third-order valence-corrected chi connectivity index (χ3v) is 3.70. The number of halogens is 9. The van der Waals surface area contributed by atoms with Crippen molar-refractivity contribution in [1.29, 1.82) is 0 Å². The predicted molar refractivity (Wildman–Crippen MR) is 107 cm³/mol. The van der Waals surface area contributed by atoms with Gasteiger partial charge in [-0.25, -0.2) is 31.9 Å². The van der Waals surface area contributed by atoms with E-state index >= 15 is 0 Å². The second-order valence-corrected chi connectivity index (χ2v) is 5.97. The van der Waals surface area contributed by atoms with Gasteiger partial charge in [0.1, 0.15) is 35.5 Å². The molecule has 14 heteroatoms. The van der Waals surface area contributed by atoms with Gasteiger partial charge in [0.25, 0.3) is 0 Å². The summed E-state index contributed by atoms with van der Waals surface area (Å²) in [6.45, 7) is 5.63. The molecule has 0 bridgehead atoms. The van der Waals surface area contributed by atoms with Crippen molar-refractivity contribution in [3.63, 3.8) is 0 Å². The van der Waals surface area contributed by atoms with Crippen LogP contribution in [0.1, 0.15) is 23.6 Å². The molecule has 0 unspecified atom stereocenters. The predicted octanol–water partition coefficient (Wildman–Crippen LogP) is 7.74. The number of hydrogen-bond acceptors (Lipinski definition) is 3. The van der Waals surface area contributed by atoms with Gasteiger partial charge in [-0.3, -0.25) is 4.94 Å². The van der Waals surface area contributed by atoms with Crippen LogP contribution in [0.15, 0.2) is 36.7 Å². The van der Waals surface area contributed by atoms with Crippen LogP contribution >= 0.6 is 0 Å². The van der Waals surface area contributed by atoms with E-state index in [-0.39, 0.29) is 93.2 Å². The molecule has 1 heterocycles. The molecule has 0 spiro atoms. The van der Waals surface area contributed by atoms with Crippen LogP contribution in [-0.2, 0) is 12.9 Å². The van der Waals surface area contributed by atoms with Crippen LogP contribution in [0.5, 0.6) is 5.75 Å². The Morgan fingerprint density at radius 1 is 0.861 bits per heavy atom. The fourth-order valence-corrected chi connectivity index (χ4v) is 2.27. The van der Waals surface area contributed by atoms with Gasteiger partial charge >= 0.3 is 37.3 Å². The molecule has 3 aromatic rings. The average molecular weight is 974 g/mol. The van der Waals surface area contributed by atoms with E-state index in [1.165, 1.54) is 0 Å². The number of aryl methyl sites for hydroxylation is 1. The number of aromatic nitrogens is 2. The van der Waals surface area contributed by atoms with E-state index in [9.17, 15) is 39.6 Å². The van der Waals surface area contributed by atoms with Crippen molar-refractivity contribution in [2.45, 2.75) is 26.7 Å². The Bertz CT molecular complexity index is 1020. The molecule has 3 nitrogen and oxygen atoms in total. The van der Waals surface area contributed by atoms with Crippen molar-refractivity contribution in [3.05, 3.63) is 91.0 Å². The van der Waals surface area contributed by atoms with E-state index in [1.54, 1.807) is 26.2 Å². The molecule has 0 saturated carbocycles. The van der Waals surface area contributed by atoms with Crippen molar-refractivity contribution in [3.8, 4) is 17.1 Å². The van der Waals surface area contributed by atoms with Crippen LogP contribution in [-0.4, -0.2) is 9.97 Å². The van der Waals surface area contributed by atoms with E-state index in [2.05, 4.69) is 21.8 Å². The van der Waals surface area contributed by atoms with Gasteiger partial charge in [-0.2, -0.15) is 20.1 Å². The first-order chi connectivity index (χ1) is 15.5. The smallest absolute Gasteiger partial charge is 0.358 e. The van der Waals surface area contributed by atoms with E-state index in [1.807, 2.05) is 0 Å². The number of rotatable bonds is 3. The van der Waals surface area contributed by atoms with Gasteiger partial charge in [0.2, 0.25) is 0 Å². The zero-order chi connectivity index (χ0) is 25.3. The van der Waals surface area contributed by atoms with Gasteiger partial charge in [0.05, 0.1) is 5.56 Å². The largest absolute Gasteiger partial charge is 2.00 e. The van der Waals surface area contributed by atoms with E-state index < -0.39 is 53.0 Å². The third-order valence-electron chi connectivity index (χ3n) is 3.70. The minimum absolute atomic E-state index is 0. The molecule has 0 amide bonds. The second kappa shape index (κ2) is 18.1. The Morgan fingerprint density at radius 3 is 1.61 bits per heavy atom. The molecular weight excluding hydrogens is 955 g/mol. The minimum atomic E-state index is -5.16. The summed E-state index contributed by atoms with van der Waals surface area (Å²) in [7, 11) is 0. The summed E-state index contributed by atoms with van der Waals surface area (Å²) in [6.07, 6.45) is -2.08. The monoisotopic (exact) mass is 974 g/mol. The van der Waals surface area contributed by atoms with Crippen LogP contribution < -0.4 is 4.94 Å². The molecule has 0 aliphatic heterocycles. The summed E-state index contributed by atoms with van der Waals surface area (Å²) in [6, 6.07) is 2.27. The molecule has 3 rings (SSSR count). The van der Waals surface area contributed by atoms with Gasteiger partial charge < -0.3 is 14.4 Å². The van der Waals surface area contributed by atoms with E-state index in [0.29, 0.717) is 0 Å². The second-order valence-electron chi connectivity index (χ2n) is 5.97. The molecule has 0 N–H and O–H groups in total. The van der Waals surface area contributed by atoms with Crippen LogP contribution in [0.25, 0.3) is 11.4 Å². The maximum absolute atomic E-state index is 13.3. The Balaban J connectivity index is -0.000000532. The van der Waals surface area contributed by atoms with Crippen LogP contribution in [0.2, 0.25) is 0 Å². The summed E-state index contributed by atoms with van der Waals surface area (Å²) in [5.41, 5.74) is -1.61. The Kier molecular flexibility index (Phi) is 19.8. The van der Waals surface area contributed by atoms with Crippen LogP contribution in [0.3, 0.4) is 0 Å². The van der Waals surface area contributed by atoms with Gasteiger partial charge in [0, 0.05) is 65.7 Å². The summed E-state index contributed by atoms with van der Waals surface area (Å²) >= 11 is 0. The first kappa shape index (κ1) is 39.3. The Labute approximate surface area is 249 Å². The van der Waals surface area contributed by atoms with Crippen molar-refractivity contribution < 1.29 is 107 Å². The Morgan fingerprint density at radius 2 is 1.28 bits per heavy atom. The standard InChI is InChI=1S/C12H9F3N2.C7H2F6O.C2H5.CH3.2U/c1-7-5-16-12(17-6-7)8-2-10(14)9(4-13)11(15)3-8;8-4-1-3(14-13)2-5(9)6(4)7(10,11)12;1-2;;;/h2-3,5-6H,4H2,1H3;1-2H;1H2,2H3;1H3;;/q;;2*-1;;+2. The molecule has 0 fully saturated rings. The number of hydrogen-bond donors (Lipinski definition) is 0.